The lowest BCUT2D eigenvalue weighted by atomic mass is 10.3. The summed E-state index contributed by atoms with van der Waals surface area (Å²) in [4.78, 5) is 13.4. The van der Waals surface area contributed by atoms with Crippen LogP contribution >= 0.6 is 31.9 Å². The zero-order valence-corrected chi connectivity index (χ0v) is 15.0. The van der Waals surface area contributed by atoms with E-state index < -0.39 is 0 Å². The van der Waals surface area contributed by atoms with Gasteiger partial charge in [0.05, 0.1) is 12.3 Å². The van der Waals surface area contributed by atoms with E-state index in [2.05, 4.69) is 59.1 Å². The first-order valence-corrected chi connectivity index (χ1v) is 8.14. The lowest BCUT2D eigenvalue weighted by molar-refractivity contribution is 0.181. The number of nitrogens with zero attached hydrogens (tertiary/aromatic N) is 3. The highest BCUT2D eigenvalue weighted by atomic mass is 79.9. The SMILES string of the molecule is CCCNc1cc(COC)nc(-c2ncc(Br)cc2Br)n1. The van der Waals surface area contributed by atoms with Crippen molar-refractivity contribution in [1.82, 2.24) is 15.0 Å². The first-order valence-electron chi connectivity index (χ1n) is 6.56. The predicted octanol–water partition coefficient (Wildman–Crippen LogP) is 4.03. The molecule has 0 aromatic carbocycles. The van der Waals surface area contributed by atoms with E-state index in [9.17, 15) is 0 Å². The minimum absolute atomic E-state index is 0.435. The summed E-state index contributed by atoms with van der Waals surface area (Å²) < 4.78 is 6.91. The fourth-order valence-electron chi connectivity index (χ4n) is 1.75. The molecule has 2 rings (SSSR count). The maximum atomic E-state index is 5.17. The predicted molar refractivity (Wildman–Crippen MR) is 90.2 cm³/mol. The molecule has 0 atom stereocenters. The van der Waals surface area contributed by atoms with Crippen LogP contribution in [-0.2, 0) is 11.3 Å². The second-order valence-electron chi connectivity index (χ2n) is 4.41. The van der Waals surface area contributed by atoms with Crippen LogP contribution in [0.25, 0.3) is 11.5 Å². The van der Waals surface area contributed by atoms with E-state index in [4.69, 9.17) is 4.74 Å². The molecule has 0 amide bonds. The van der Waals surface area contributed by atoms with E-state index in [1.54, 1.807) is 13.3 Å². The Kier molecular flexibility index (Phi) is 6.08. The Bertz CT molecular complexity index is 622. The van der Waals surface area contributed by atoms with Crippen molar-refractivity contribution in [3.8, 4) is 11.5 Å². The van der Waals surface area contributed by atoms with Crippen LogP contribution in [0.4, 0.5) is 5.82 Å². The van der Waals surface area contributed by atoms with Gasteiger partial charge in [-0.1, -0.05) is 6.92 Å². The van der Waals surface area contributed by atoms with Crippen molar-refractivity contribution in [2.24, 2.45) is 0 Å². The molecule has 2 heterocycles. The van der Waals surface area contributed by atoms with E-state index in [0.717, 1.165) is 33.4 Å². The van der Waals surface area contributed by atoms with Gasteiger partial charge in [-0.05, 0) is 44.3 Å². The average Bonchev–Trinajstić information content (AvgIpc) is 2.45. The summed E-state index contributed by atoms with van der Waals surface area (Å²) in [5.41, 5.74) is 1.52. The van der Waals surface area contributed by atoms with Gasteiger partial charge in [0.2, 0.25) is 0 Å². The number of anilines is 1. The summed E-state index contributed by atoms with van der Waals surface area (Å²) in [6.07, 6.45) is 2.75. The van der Waals surface area contributed by atoms with Crippen LogP contribution in [0.5, 0.6) is 0 Å². The Balaban J connectivity index is 2.43. The highest BCUT2D eigenvalue weighted by Crippen LogP contribution is 2.27. The van der Waals surface area contributed by atoms with Crippen LogP contribution in [0.3, 0.4) is 0 Å². The molecule has 2 aromatic rings. The van der Waals surface area contributed by atoms with Crippen LogP contribution < -0.4 is 5.32 Å². The van der Waals surface area contributed by atoms with Gasteiger partial charge < -0.3 is 10.1 Å². The van der Waals surface area contributed by atoms with E-state index in [-0.39, 0.29) is 0 Å². The minimum Gasteiger partial charge on any atom is -0.378 e. The Hall–Kier alpha value is -1.05. The third-order valence-corrected chi connectivity index (χ3v) is 3.69. The van der Waals surface area contributed by atoms with Gasteiger partial charge in [-0.25, -0.2) is 9.97 Å². The average molecular weight is 416 g/mol. The number of aromatic nitrogens is 3. The van der Waals surface area contributed by atoms with Gasteiger partial charge >= 0.3 is 0 Å². The van der Waals surface area contributed by atoms with Gasteiger partial charge in [0, 0.05) is 34.9 Å². The molecule has 0 saturated heterocycles. The van der Waals surface area contributed by atoms with Gasteiger partial charge in [0.15, 0.2) is 5.82 Å². The van der Waals surface area contributed by atoms with Crippen molar-refractivity contribution in [1.29, 1.82) is 0 Å². The molecule has 21 heavy (non-hydrogen) atoms. The summed E-state index contributed by atoms with van der Waals surface area (Å²) in [6.45, 7) is 3.40. The lowest BCUT2D eigenvalue weighted by Crippen LogP contribution is -2.06. The number of rotatable bonds is 6. The molecule has 0 fully saturated rings. The maximum Gasteiger partial charge on any atom is 0.181 e. The van der Waals surface area contributed by atoms with Gasteiger partial charge in [-0.15, -0.1) is 0 Å². The first kappa shape index (κ1) is 16.3. The van der Waals surface area contributed by atoms with Crippen molar-refractivity contribution in [3.63, 3.8) is 0 Å². The zero-order chi connectivity index (χ0) is 15.2. The van der Waals surface area contributed by atoms with E-state index in [1.165, 1.54) is 0 Å². The maximum absolute atomic E-state index is 5.17. The molecule has 0 saturated carbocycles. The number of ether oxygens (including phenoxy) is 1. The van der Waals surface area contributed by atoms with Crippen LogP contribution in [0.15, 0.2) is 27.3 Å². The number of hydrogen-bond donors (Lipinski definition) is 1. The molecule has 7 heteroatoms. The van der Waals surface area contributed by atoms with E-state index in [1.807, 2.05) is 12.1 Å². The zero-order valence-electron chi connectivity index (χ0n) is 11.9. The highest BCUT2D eigenvalue weighted by molar-refractivity contribution is 9.11. The molecule has 1 N–H and O–H groups in total. The molecular weight excluding hydrogens is 400 g/mol. The molecule has 0 aliphatic heterocycles. The van der Waals surface area contributed by atoms with Crippen LogP contribution in [0, 0.1) is 0 Å². The number of pyridine rings is 1. The van der Waals surface area contributed by atoms with Crippen LogP contribution in [-0.4, -0.2) is 28.6 Å². The molecule has 5 nitrogen and oxygen atoms in total. The molecule has 0 radical (unpaired) electrons. The Morgan fingerprint density at radius 2 is 2.05 bits per heavy atom. The van der Waals surface area contributed by atoms with Crippen molar-refractivity contribution in [2.45, 2.75) is 20.0 Å². The Morgan fingerprint density at radius 1 is 1.24 bits per heavy atom. The molecule has 0 spiro atoms. The Labute approximate surface area is 140 Å². The number of methoxy groups -OCH3 is 1. The fourth-order valence-corrected chi connectivity index (χ4v) is 2.91. The van der Waals surface area contributed by atoms with Crippen LogP contribution in [0.2, 0.25) is 0 Å². The van der Waals surface area contributed by atoms with Crippen molar-refractivity contribution < 1.29 is 4.74 Å². The normalized spacial score (nSPS) is 10.7. The standard InChI is InChI=1S/C14H16Br2N4O/c1-3-4-17-12-6-10(8-21-2)19-14(20-12)13-11(16)5-9(15)7-18-13/h5-7H,3-4,8H2,1-2H3,(H,17,19,20). The molecule has 0 unspecified atom stereocenters. The second-order valence-corrected chi connectivity index (χ2v) is 6.18. The second kappa shape index (κ2) is 7.82. The Morgan fingerprint density at radius 3 is 2.71 bits per heavy atom. The van der Waals surface area contributed by atoms with E-state index >= 15 is 0 Å². The fraction of sp³-hybridized carbons (Fsp3) is 0.357. The largest absolute Gasteiger partial charge is 0.378 e. The molecule has 0 aliphatic carbocycles. The molecule has 112 valence electrons. The first-order chi connectivity index (χ1) is 10.1. The topological polar surface area (TPSA) is 59.9 Å². The minimum atomic E-state index is 0.435. The summed E-state index contributed by atoms with van der Waals surface area (Å²) in [6, 6.07) is 3.82. The lowest BCUT2D eigenvalue weighted by Gasteiger charge is -2.10. The quantitative estimate of drug-likeness (QED) is 0.771. The van der Waals surface area contributed by atoms with Crippen molar-refractivity contribution in [3.05, 3.63) is 33.0 Å². The number of hydrogen-bond acceptors (Lipinski definition) is 5. The molecule has 0 aliphatic rings. The van der Waals surface area contributed by atoms with Gasteiger partial charge in [0.25, 0.3) is 0 Å². The van der Waals surface area contributed by atoms with Crippen molar-refractivity contribution in [2.75, 3.05) is 19.0 Å². The van der Waals surface area contributed by atoms with Gasteiger partial charge in [-0.3, -0.25) is 4.98 Å². The molecular formula is C14H16Br2N4O. The number of nitrogens with one attached hydrogen (secondary N) is 1. The highest BCUT2D eigenvalue weighted by Gasteiger charge is 2.12. The molecule has 0 bridgehead atoms. The van der Waals surface area contributed by atoms with E-state index in [0.29, 0.717) is 18.1 Å². The molecule has 2 aromatic heterocycles. The third kappa shape index (κ3) is 4.46. The summed E-state index contributed by atoms with van der Waals surface area (Å²) in [7, 11) is 1.65. The smallest absolute Gasteiger partial charge is 0.181 e. The van der Waals surface area contributed by atoms with Crippen LogP contribution in [0.1, 0.15) is 19.0 Å². The van der Waals surface area contributed by atoms with Gasteiger partial charge in [-0.2, -0.15) is 0 Å². The number of halogens is 2. The van der Waals surface area contributed by atoms with Crippen molar-refractivity contribution >= 4 is 37.7 Å². The summed E-state index contributed by atoms with van der Waals surface area (Å²) in [5.74, 6) is 1.35. The summed E-state index contributed by atoms with van der Waals surface area (Å²) >= 11 is 6.89. The summed E-state index contributed by atoms with van der Waals surface area (Å²) in [5, 5.41) is 3.28. The third-order valence-electron chi connectivity index (χ3n) is 2.65. The monoisotopic (exact) mass is 414 g/mol. The van der Waals surface area contributed by atoms with Gasteiger partial charge in [0.1, 0.15) is 11.5 Å².